The summed E-state index contributed by atoms with van der Waals surface area (Å²) in [4.78, 5) is 12.9. The van der Waals surface area contributed by atoms with Crippen LogP contribution in [0.3, 0.4) is 0 Å². The van der Waals surface area contributed by atoms with Gasteiger partial charge in [-0.2, -0.15) is 0 Å². The molecule has 0 bridgehead atoms. The third-order valence-corrected chi connectivity index (χ3v) is 12.4. The van der Waals surface area contributed by atoms with Crippen LogP contribution < -0.4 is 0 Å². The highest BCUT2D eigenvalue weighted by Crippen LogP contribution is 2.67. The van der Waals surface area contributed by atoms with Crippen LogP contribution in [0, 0.1) is 46.3 Å². The molecule has 214 valence electrons. The van der Waals surface area contributed by atoms with Gasteiger partial charge in [-0.25, -0.2) is 4.79 Å². The summed E-state index contributed by atoms with van der Waals surface area (Å²) in [6.45, 7) is 12.5. The van der Waals surface area contributed by atoms with Crippen molar-refractivity contribution in [3.05, 3.63) is 52.0 Å². The van der Waals surface area contributed by atoms with Gasteiger partial charge in [0.05, 0.1) is 0 Å². The lowest BCUT2D eigenvalue weighted by Gasteiger charge is -2.58. The molecule has 0 radical (unpaired) electrons. The number of rotatable bonds is 8. The lowest BCUT2D eigenvalue weighted by Crippen LogP contribution is -2.51. The Balaban J connectivity index is 1.23. The fourth-order valence-electron chi connectivity index (χ4n) is 9.71. The Morgan fingerprint density at radius 3 is 2.54 bits per heavy atom. The van der Waals surface area contributed by atoms with Gasteiger partial charge in [-0.3, -0.25) is 0 Å². The topological polar surface area (TPSA) is 26.3 Å². The van der Waals surface area contributed by atoms with Gasteiger partial charge >= 0.3 is 5.97 Å². The minimum Gasteiger partial charge on any atom is -0.458 e. The SMILES string of the molecule is CC(C)CCCC(C)C1CCC2C3CC=C4C[C@@H](OC(=O)C(Br)=Cc5ccccc5)CC[C@]4(C)C3CC[C@]12C. The molecule has 5 unspecified atom stereocenters. The van der Waals surface area contributed by atoms with E-state index in [9.17, 15) is 4.79 Å². The van der Waals surface area contributed by atoms with E-state index in [0.29, 0.717) is 9.90 Å². The van der Waals surface area contributed by atoms with Crippen molar-refractivity contribution in [3.8, 4) is 0 Å². The van der Waals surface area contributed by atoms with Crippen LogP contribution in [-0.4, -0.2) is 12.1 Å². The van der Waals surface area contributed by atoms with Crippen LogP contribution in [0.15, 0.2) is 46.5 Å². The molecule has 8 atom stereocenters. The van der Waals surface area contributed by atoms with E-state index in [1.807, 2.05) is 36.4 Å². The lowest BCUT2D eigenvalue weighted by atomic mass is 9.47. The van der Waals surface area contributed by atoms with Crippen molar-refractivity contribution in [1.29, 1.82) is 0 Å². The molecule has 3 heteroatoms. The molecule has 2 nitrogen and oxygen atoms in total. The van der Waals surface area contributed by atoms with Crippen molar-refractivity contribution in [3.63, 3.8) is 0 Å². The van der Waals surface area contributed by atoms with Gasteiger partial charge in [-0.15, -0.1) is 0 Å². The first-order valence-electron chi connectivity index (χ1n) is 15.9. The Morgan fingerprint density at radius 1 is 1.03 bits per heavy atom. The average molecular weight is 596 g/mol. The van der Waals surface area contributed by atoms with E-state index in [1.54, 1.807) is 5.57 Å². The second kappa shape index (κ2) is 11.9. The maximum Gasteiger partial charge on any atom is 0.345 e. The highest BCUT2D eigenvalue weighted by atomic mass is 79.9. The maximum atomic E-state index is 12.9. The van der Waals surface area contributed by atoms with Crippen molar-refractivity contribution in [2.75, 3.05) is 0 Å². The predicted octanol–water partition coefficient (Wildman–Crippen LogP) is 10.4. The molecular weight excluding hydrogens is 544 g/mol. The monoisotopic (exact) mass is 594 g/mol. The fourth-order valence-corrected chi connectivity index (χ4v) is 10.1. The second-order valence-corrected chi connectivity index (χ2v) is 15.3. The van der Waals surface area contributed by atoms with Gasteiger partial charge in [-0.1, -0.05) is 95.9 Å². The number of fused-ring (bicyclic) bond motifs is 5. The molecule has 3 fully saturated rings. The number of allylic oxidation sites excluding steroid dienone is 1. The number of hydrogen-bond donors (Lipinski definition) is 0. The van der Waals surface area contributed by atoms with E-state index in [-0.39, 0.29) is 17.5 Å². The fraction of sp³-hybridized carbons (Fsp3) is 0.694. The molecule has 0 amide bonds. The maximum absolute atomic E-state index is 12.9. The zero-order chi connectivity index (χ0) is 27.8. The van der Waals surface area contributed by atoms with Crippen LogP contribution in [0.25, 0.3) is 6.08 Å². The number of benzene rings is 1. The molecule has 4 aliphatic rings. The third-order valence-electron chi connectivity index (χ3n) is 11.8. The van der Waals surface area contributed by atoms with E-state index in [4.69, 9.17) is 4.74 Å². The van der Waals surface area contributed by atoms with Crippen molar-refractivity contribution in [2.24, 2.45) is 46.3 Å². The zero-order valence-electron chi connectivity index (χ0n) is 25.1. The van der Waals surface area contributed by atoms with E-state index in [2.05, 4.69) is 56.6 Å². The Labute approximate surface area is 246 Å². The number of hydrogen-bond acceptors (Lipinski definition) is 2. The molecular formula is C36H51BrO2. The minimum absolute atomic E-state index is 0.0125. The summed E-state index contributed by atoms with van der Waals surface area (Å²) in [5.74, 6) is 4.88. The Hall–Kier alpha value is -1.35. The Kier molecular flexibility index (Phi) is 8.87. The molecule has 39 heavy (non-hydrogen) atoms. The molecule has 0 N–H and O–H groups in total. The lowest BCUT2D eigenvalue weighted by molar-refractivity contribution is -0.145. The zero-order valence-corrected chi connectivity index (χ0v) is 26.6. The smallest absolute Gasteiger partial charge is 0.345 e. The van der Waals surface area contributed by atoms with Crippen LogP contribution in [-0.2, 0) is 9.53 Å². The molecule has 0 aliphatic heterocycles. The van der Waals surface area contributed by atoms with E-state index in [0.717, 1.165) is 60.3 Å². The van der Waals surface area contributed by atoms with Crippen LogP contribution in [0.1, 0.15) is 111 Å². The summed E-state index contributed by atoms with van der Waals surface area (Å²) in [5.41, 5.74) is 3.40. The van der Waals surface area contributed by atoms with Crippen molar-refractivity contribution in [1.82, 2.24) is 0 Å². The number of halogens is 1. The van der Waals surface area contributed by atoms with Crippen LogP contribution >= 0.6 is 15.9 Å². The van der Waals surface area contributed by atoms with Gasteiger partial charge in [0.2, 0.25) is 0 Å². The van der Waals surface area contributed by atoms with Gasteiger partial charge in [0.15, 0.2) is 0 Å². The van der Waals surface area contributed by atoms with Crippen molar-refractivity contribution in [2.45, 2.75) is 111 Å². The highest BCUT2D eigenvalue weighted by Gasteiger charge is 2.59. The number of carbonyl (C=O) groups is 1. The molecule has 0 aromatic heterocycles. The Bertz CT molecular complexity index is 1070. The van der Waals surface area contributed by atoms with Crippen LogP contribution in [0.2, 0.25) is 0 Å². The summed E-state index contributed by atoms with van der Waals surface area (Å²) in [6, 6.07) is 9.95. The van der Waals surface area contributed by atoms with Crippen molar-refractivity contribution >= 4 is 28.0 Å². The van der Waals surface area contributed by atoms with Crippen molar-refractivity contribution < 1.29 is 9.53 Å². The molecule has 5 rings (SSSR count). The molecule has 3 saturated carbocycles. The molecule has 4 aliphatic carbocycles. The van der Waals surface area contributed by atoms with E-state index >= 15 is 0 Å². The summed E-state index contributed by atoms with van der Waals surface area (Å²) in [6.07, 6.45) is 18.6. The first-order chi connectivity index (χ1) is 18.6. The number of carbonyl (C=O) groups excluding carboxylic acids is 1. The molecule has 1 aromatic carbocycles. The van der Waals surface area contributed by atoms with Gasteiger partial charge in [-0.05, 0) is 119 Å². The second-order valence-electron chi connectivity index (χ2n) is 14.5. The highest BCUT2D eigenvalue weighted by molar-refractivity contribution is 9.12. The summed E-state index contributed by atoms with van der Waals surface area (Å²) < 4.78 is 6.53. The van der Waals surface area contributed by atoms with Crippen LogP contribution in [0.4, 0.5) is 0 Å². The average Bonchev–Trinajstić information content (AvgIpc) is 3.26. The van der Waals surface area contributed by atoms with E-state index < -0.39 is 0 Å². The molecule has 0 heterocycles. The summed E-state index contributed by atoms with van der Waals surface area (Å²) >= 11 is 3.47. The summed E-state index contributed by atoms with van der Waals surface area (Å²) in [7, 11) is 0. The summed E-state index contributed by atoms with van der Waals surface area (Å²) in [5, 5.41) is 0. The van der Waals surface area contributed by atoms with E-state index in [1.165, 1.54) is 51.4 Å². The van der Waals surface area contributed by atoms with Gasteiger partial charge in [0.25, 0.3) is 0 Å². The van der Waals surface area contributed by atoms with Gasteiger partial charge in [0.1, 0.15) is 10.6 Å². The normalized spacial score (nSPS) is 36.9. The Morgan fingerprint density at radius 2 is 1.79 bits per heavy atom. The number of ether oxygens (including phenoxy) is 1. The van der Waals surface area contributed by atoms with Gasteiger partial charge < -0.3 is 4.74 Å². The molecule has 0 spiro atoms. The standard InChI is InChI=1S/C36H51BrO2/c1-24(2)10-9-11-25(3)30-16-17-31-29-15-14-27-23-28(18-20-35(27,4)32(29)19-21-36(30,31)5)39-34(38)33(37)22-26-12-7-6-8-13-26/h6-8,12-14,22,24-25,28-32H,9-11,15-21,23H2,1-5H3/t25?,28-,29?,30?,31?,32?,35-,36+/m0/s1. The quantitative estimate of drug-likeness (QED) is 0.170. The predicted molar refractivity (Wildman–Crippen MR) is 166 cm³/mol. The van der Waals surface area contributed by atoms with Crippen LogP contribution in [0.5, 0.6) is 0 Å². The molecule has 0 saturated heterocycles. The first kappa shape index (κ1) is 29.2. The largest absolute Gasteiger partial charge is 0.458 e. The molecule has 1 aromatic rings. The minimum atomic E-state index is -0.241. The first-order valence-corrected chi connectivity index (χ1v) is 16.7. The van der Waals surface area contributed by atoms with Gasteiger partial charge in [0, 0.05) is 6.42 Å². The number of esters is 1. The third kappa shape index (κ3) is 5.86.